The van der Waals surface area contributed by atoms with Crippen molar-refractivity contribution in [3.05, 3.63) is 59.5 Å². The average Bonchev–Trinajstić information content (AvgIpc) is 3.14. The van der Waals surface area contributed by atoms with Crippen LogP contribution in [0.3, 0.4) is 0 Å². The number of rotatable bonds is 3. The molecule has 1 aromatic carbocycles. The van der Waals surface area contributed by atoms with Crippen LogP contribution in [0.15, 0.2) is 42.6 Å². The number of aromatic nitrogens is 6. The van der Waals surface area contributed by atoms with E-state index in [-0.39, 0.29) is 0 Å². The van der Waals surface area contributed by atoms with Crippen LogP contribution in [-0.4, -0.2) is 29.9 Å². The van der Waals surface area contributed by atoms with Crippen molar-refractivity contribution < 1.29 is 0 Å². The molecule has 0 saturated carbocycles. The van der Waals surface area contributed by atoms with Crippen molar-refractivity contribution in [1.29, 1.82) is 0 Å². The fourth-order valence-electron chi connectivity index (χ4n) is 2.61. The molecule has 0 aliphatic rings. The highest BCUT2D eigenvalue weighted by molar-refractivity contribution is 5.89. The quantitative estimate of drug-likeness (QED) is 0.631. The Labute approximate surface area is 133 Å². The van der Waals surface area contributed by atoms with Gasteiger partial charge in [0.2, 0.25) is 0 Å². The van der Waals surface area contributed by atoms with Crippen LogP contribution in [0, 0.1) is 13.8 Å². The number of aryl methyl sites for hydroxylation is 2. The maximum Gasteiger partial charge on any atom is 0.177 e. The summed E-state index contributed by atoms with van der Waals surface area (Å²) in [5.41, 5.74) is 4.05. The minimum atomic E-state index is 0.668. The van der Waals surface area contributed by atoms with Gasteiger partial charge in [-0.05, 0) is 31.5 Å². The van der Waals surface area contributed by atoms with Crippen LogP contribution >= 0.6 is 0 Å². The van der Waals surface area contributed by atoms with Crippen molar-refractivity contribution in [3.8, 4) is 11.5 Å². The van der Waals surface area contributed by atoms with Gasteiger partial charge in [0.1, 0.15) is 11.5 Å². The molecule has 23 heavy (non-hydrogen) atoms. The Morgan fingerprint density at radius 1 is 1.09 bits per heavy atom. The number of hydrogen-bond donors (Lipinski definition) is 1. The SMILES string of the molecule is Cc1ccc(Cn2nc(-c3nc(C)n[nH]3)c3cccnc32)cc1. The zero-order chi connectivity index (χ0) is 15.8. The largest absolute Gasteiger partial charge is 0.258 e. The molecule has 0 aliphatic carbocycles. The molecule has 0 aliphatic heterocycles. The smallest absolute Gasteiger partial charge is 0.177 e. The molecule has 6 nitrogen and oxygen atoms in total. The second kappa shape index (κ2) is 5.31. The van der Waals surface area contributed by atoms with E-state index >= 15 is 0 Å². The molecule has 0 bridgehead atoms. The fourth-order valence-corrected chi connectivity index (χ4v) is 2.61. The van der Waals surface area contributed by atoms with Crippen molar-refractivity contribution in [2.75, 3.05) is 0 Å². The van der Waals surface area contributed by atoms with Gasteiger partial charge in [-0.15, -0.1) is 0 Å². The standard InChI is InChI=1S/C17H16N6/c1-11-5-7-13(8-6-11)10-23-17-14(4-3-9-18-17)15(22-23)16-19-12(2)20-21-16/h3-9H,10H2,1-2H3,(H,19,20,21). The number of aromatic amines is 1. The summed E-state index contributed by atoms with van der Waals surface area (Å²) in [7, 11) is 0. The van der Waals surface area contributed by atoms with Crippen LogP contribution in [0.5, 0.6) is 0 Å². The molecule has 3 heterocycles. The first-order valence-electron chi connectivity index (χ1n) is 7.47. The molecule has 4 rings (SSSR count). The molecule has 0 fully saturated rings. The van der Waals surface area contributed by atoms with Crippen molar-refractivity contribution in [1.82, 2.24) is 29.9 Å². The van der Waals surface area contributed by atoms with E-state index in [1.165, 1.54) is 11.1 Å². The Hall–Kier alpha value is -3.02. The summed E-state index contributed by atoms with van der Waals surface area (Å²) in [6, 6.07) is 12.4. The zero-order valence-corrected chi connectivity index (χ0v) is 13.0. The molecule has 0 spiro atoms. The number of H-pyrrole nitrogens is 1. The fraction of sp³-hybridized carbons (Fsp3) is 0.176. The first-order chi connectivity index (χ1) is 11.2. The molecule has 0 radical (unpaired) electrons. The lowest BCUT2D eigenvalue weighted by molar-refractivity contribution is 0.705. The molecule has 3 aromatic heterocycles. The topological polar surface area (TPSA) is 72.3 Å². The highest BCUT2D eigenvalue weighted by Crippen LogP contribution is 2.24. The number of nitrogens with one attached hydrogen (secondary N) is 1. The van der Waals surface area contributed by atoms with Gasteiger partial charge < -0.3 is 0 Å². The summed E-state index contributed by atoms with van der Waals surface area (Å²) in [5, 5.41) is 12.7. The number of nitrogens with zero attached hydrogens (tertiary/aromatic N) is 5. The molecule has 0 saturated heterocycles. The van der Waals surface area contributed by atoms with Crippen LogP contribution in [-0.2, 0) is 6.54 Å². The highest BCUT2D eigenvalue weighted by Gasteiger charge is 2.16. The van der Waals surface area contributed by atoms with Gasteiger partial charge in [-0.2, -0.15) is 10.2 Å². The predicted octanol–water partition coefficient (Wildman–Crippen LogP) is 2.88. The third kappa shape index (κ3) is 2.48. The molecule has 6 heteroatoms. The van der Waals surface area contributed by atoms with Crippen LogP contribution in [0.4, 0.5) is 0 Å². The van der Waals surface area contributed by atoms with Gasteiger partial charge in [0.05, 0.1) is 11.9 Å². The van der Waals surface area contributed by atoms with Crippen LogP contribution in [0.1, 0.15) is 17.0 Å². The van der Waals surface area contributed by atoms with Crippen molar-refractivity contribution in [2.24, 2.45) is 0 Å². The van der Waals surface area contributed by atoms with Crippen LogP contribution in [0.2, 0.25) is 0 Å². The number of pyridine rings is 1. The molecular formula is C17H16N6. The van der Waals surface area contributed by atoms with Gasteiger partial charge in [-0.3, -0.25) is 5.10 Å². The van der Waals surface area contributed by atoms with E-state index in [9.17, 15) is 0 Å². The maximum atomic E-state index is 4.71. The maximum absolute atomic E-state index is 4.71. The molecule has 114 valence electrons. The first kappa shape index (κ1) is 13.6. The Kier molecular flexibility index (Phi) is 3.15. The lowest BCUT2D eigenvalue weighted by Gasteiger charge is -2.03. The van der Waals surface area contributed by atoms with Gasteiger partial charge in [0.25, 0.3) is 0 Å². The number of fused-ring (bicyclic) bond motifs is 1. The van der Waals surface area contributed by atoms with E-state index in [0.29, 0.717) is 18.2 Å². The van der Waals surface area contributed by atoms with Crippen molar-refractivity contribution in [3.63, 3.8) is 0 Å². The lowest BCUT2D eigenvalue weighted by atomic mass is 10.1. The zero-order valence-electron chi connectivity index (χ0n) is 13.0. The van der Waals surface area contributed by atoms with Crippen LogP contribution < -0.4 is 0 Å². The van der Waals surface area contributed by atoms with E-state index in [2.05, 4.69) is 51.4 Å². The second-order valence-electron chi connectivity index (χ2n) is 5.60. The third-order valence-electron chi connectivity index (χ3n) is 3.78. The van der Waals surface area contributed by atoms with Crippen LogP contribution in [0.25, 0.3) is 22.6 Å². The third-order valence-corrected chi connectivity index (χ3v) is 3.78. The van der Waals surface area contributed by atoms with Gasteiger partial charge in [-0.25, -0.2) is 14.6 Å². The summed E-state index contributed by atoms with van der Waals surface area (Å²) >= 11 is 0. The lowest BCUT2D eigenvalue weighted by Crippen LogP contribution is -2.02. The Morgan fingerprint density at radius 2 is 1.91 bits per heavy atom. The van der Waals surface area contributed by atoms with E-state index in [1.807, 2.05) is 23.7 Å². The van der Waals surface area contributed by atoms with Gasteiger partial charge >= 0.3 is 0 Å². The molecule has 4 aromatic rings. The van der Waals surface area contributed by atoms with Gasteiger partial charge in [0.15, 0.2) is 11.5 Å². The van der Waals surface area contributed by atoms with Gasteiger partial charge in [-0.1, -0.05) is 29.8 Å². The van der Waals surface area contributed by atoms with E-state index in [4.69, 9.17) is 5.10 Å². The van der Waals surface area contributed by atoms with E-state index in [0.717, 1.165) is 16.7 Å². The summed E-state index contributed by atoms with van der Waals surface area (Å²) < 4.78 is 1.91. The van der Waals surface area contributed by atoms with E-state index in [1.54, 1.807) is 6.20 Å². The molecule has 1 N–H and O–H groups in total. The highest BCUT2D eigenvalue weighted by atomic mass is 15.3. The molecular weight excluding hydrogens is 288 g/mol. The Bertz CT molecular complexity index is 964. The minimum Gasteiger partial charge on any atom is -0.258 e. The summed E-state index contributed by atoms with van der Waals surface area (Å²) in [6.45, 7) is 4.60. The molecule has 0 amide bonds. The average molecular weight is 304 g/mol. The summed E-state index contributed by atoms with van der Waals surface area (Å²) in [6.07, 6.45) is 1.78. The van der Waals surface area contributed by atoms with Crippen molar-refractivity contribution in [2.45, 2.75) is 20.4 Å². The first-order valence-corrected chi connectivity index (χ1v) is 7.47. The number of benzene rings is 1. The summed E-state index contributed by atoms with van der Waals surface area (Å²) in [5.74, 6) is 1.37. The van der Waals surface area contributed by atoms with Crippen molar-refractivity contribution >= 4 is 11.0 Å². The monoisotopic (exact) mass is 304 g/mol. The van der Waals surface area contributed by atoms with E-state index < -0.39 is 0 Å². The normalized spacial score (nSPS) is 11.2. The predicted molar refractivity (Wildman–Crippen MR) is 87.9 cm³/mol. The Balaban J connectivity index is 1.82. The summed E-state index contributed by atoms with van der Waals surface area (Å²) in [4.78, 5) is 8.88. The minimum absolute atomic E-state index is 0.668. The second-order valence-corrected chi connectivity index (χ2v) is 5.60. The molecule has 0 atom stereocenters. The molecule has 0 unspecified atom stereocenters. The Morgan fingerprint density at radius 3 is 2.65 bits per heavy atom. The number of hydrogen-bond acceptors (Lipinski definition) is 4. The van der Waals surface area contributed by atoms with Gasteiger partial charge in [0, 0.05) is 6.20 Å².